The zero-order valence-electron chi connectivity index (χ0n) is 12.5. The van der Waals surface area contributed by atoms with Gasteiger partial charge in [-0.2, -0.15) is 0 Å². The standard InChI is InChI=1S/C15H17N3O4/c1-9(2)14(19)16-15-18-17-13(22-15)8-10-3-4-11-12(7-10)21-6-5-20-11/h3-4,7,9H,5-6,8H2,1-2H3,(H,16,18,19). The van der Waals surface area contributed by atoms with Gasteiger partial charge in [0.05, 0.1) is 6.42 Å². The van der Waals surface area contributed by atoms with E-state index < -0.39 is 0 Å². The van der Waals surface area contributed by atoms with Gasteiger partial charge >= 0.3 is 6.01 Å². The van der Waals surface area contributed by atoms with Crippen LogP contribution in [0.5, 0.6) is 11.5 Å². The van der Waals surface area contributed by atoms with Gasteiger partial charge in [-0.1, -0.05) is 25.0 Å². The van der Waals surface area contributed by atoms with Crippen LogP contribution in [-0.4, -0.2) is 29.3 Å². The van der Waals surface area contributed by atoms with E-state index in [0.29, 0.717) is 25.5 Å². The minimum Gasteiger partial charge on any atom is -0.486 e. The zero-order chi connectivity index (χ0) is 15.5. The number of hydrogen-bond donors (Lipinski definition) is 1. The van der Waals surface area contributed by atoms with Crippen molar-refractivity contribution >= 4 is 11.9 Å². The molecular weight excluding hydrogens is 286 g/mol. The molecule has 2 aromatic rings. The first-order valence-electron chi connectivity index (χ1n) is 7.13. The number of nitrogens with one attached hydrogen (secondary N) is 1. The molecule has 0 radical (unpaired) electrons. The molecule has 116 valence electrons. The summed E-state index contributed by atoms with van der Waals surface area (Å²) in [5, 5.41) is 10.3. The Morgan fingerprint density at radius 3 is 2.77 bits per heavy atom. The van der Waals surface area contributed by atoms with Crippen molar-refractivity contribution in [1.82, 2.24) is 10.2 Å². The number of carbonyl (C=O) groups is 1. The number of nitrogens with zero attached hydrogens (tertiary/aromatic N) is 2. The summed E-state index contributed by atoms with van der Waals surface area (Å²) in [5.74, 6) is 1.58. The highest BCUT2D eigenvalue weighted by atomic mass is 16.6. The number of ether oxygens (including phenoxy) is 2. The number of benzene rings is 1. The van der Waals surface area contributed by atoms with Crippen molar-refractivity contribution in [3.05, 3.63) is 29.7 Å². The Balaban J connectivity index is 1.68. The molecule has 1 N–H and O–H groups in total. The summed E-state index contributed by atoms with van der Waals surface area (Å²) >= 11 is 0. The van der Waals surface area contributed by atoms with E-state index in [0.717, 1.165) is 17.1 Å². The Bertz CT molecular complexity index is 681. The number of hydrogen-bond acceptors (Lipinski definition) is 6. The first-order valence-corrected chi connectivity index (χ1v) is 7.13. The second kappa shape index (κ2) is 6.05. The predicted octanol–water partition coefficient (Wildman–Crippen LogP) is 2.03. The van der Waals surface area contributed by atoms with Crippen LogP contribution in [0.4, 0.5) is 6.01 Å². The maximum Gasteiger partial charge on any atom is 0.322 e. The van der Waals surface area contributed by atoms with Gasteiger partial charge in [-0.05, 0) is 17.7 Å². The van der Waals surface area contributed by atoms with Crippen molar-refractivity contribution in [3.63, 3.8) is 0 Å². The minimum absolute atomic E-state index is 0.117. The topological polar surface area (TPSA) is 86.5 Å². The van der Waals surface area contributed by atoms with E-state index >= 15 is 0 Å². The fourth-order valence-electron chi connectivity index (χ4n) is 2.00. The SMILES string of the molecule is CC(C)C(=O)Nc1nnc(Cc2ccc3c(c2)OCCO3)o1. The van der Waals surface area contributed by atoms with Gasteiger partial charge in [0.15, 0.2) is 11.5 Å². The molecule has 1 aromatic carbocycles. The van der Waals surface area contributed by atoms with Crippen LogP contribution in [0.1, 0.15) is 25.3 Å². The summed E-state index contributed by atoms with van der Waals surface area (Å²) in [6, 6.07) is 5.79. The van der Waals surface area contributed by atoms with Crippen LogP contribution < -0.4 is 14.8 Å². The molecule has 0 bridgehead atoms. The lowest BCUT2D eigenvalue weighted by atomic mass is 10.1. The molecule has 7 nitrogen and oxygen atoms in total. The van der Waals surface area contributed by atoms with Gasteiger partial charge in [-0.25, -0.2) is 0 Å². The lowest BCUT2D eigenvalue weighted by Gasteiger charge is -2.18. The molecule has 22 heavy (non-hydrogen) atoms. The fourth-order valence-corrected chi connectivity index (χ4v) is 2.00. The van der Waals surface area contributed by atoms with Gasteiger partial charge in [0, 0.05) is 5.92 Å². The maximum atomic E-state index is 11.6. The van der Waals surface area contributed by atoms with Gasteiger partial charge in [0.1, 0.15) is 13.2 Å². The van der Waals surface area contributed by atoms with Crippen molar-refractivity contribution in [2.75, 3.05) is 18.5 Å². The van der Waals surface area contributed by atoms with E-state index in [1.807, 2.05) is 18.2 Å². The summed E-state index contributed by atoms with van der Waals surface area (Å²) in [5.41, 5.74) is 0.967. The normalized spacial score (nSPS) is 13.2. The van der Waals surface area contributed by atoms with Crippen LogP contribution in [0.25, 0.3) is 0 Å². The summed E-state index contributed by atoms with van der Waals surface area (Å²) in [6.45, 7) is 4.70. The molecular formula is C15H17N3O4. The third-order valence-corrected chi connectivity index (χ3v) is 3.18. The van der Waals surface area contributed by atoms with Crippen LogP contribution in [0.2, 0.25) is 0 Å². The molecule has 0 unspecified atom stereocenters. The molecule has 1 aliphatic heterocycles. The van der Waals surface area contributed by atoms with Crippen LogP contribution in [0.3, 0.4) is 0 Å². The third-order valence-electron chi connectivity index (χ3n) is 3.18. The molecule has 1 aliphatic rings. The quantitative estimate of drug-likeness (QED) is 0.930. The van der Waals surface area contributed by atoms with Crippen molar-refractivity contribution in [3.8, 4) is 11.5 Å². The fraction of sp³-hybridized carbons (Fsp3) is 0.400. The number of rotatable bonds is 4. The zero-order valence-corrected chi connectivity index (χ0v) is 12.5. The van der Waals surface area contributed by atoms with Crippen LogP contribution in [0.15, 0.2) is 22.6 Å². The van der Waals surface area contributed by atoms with Gasteiger partial charge in [0.25, 0.3) is 0 Å². The Labute approximate surface area is 127 Å². The molecule has 2 heterocycles. The first-order chi connectivity index (χ1) is 10.6. The lowest BCUT2D eigenvalue weighted by molar-refractivity contribution is -0.119. The monoisotopic (exact) mass is 303 g/mol. The molecule has 1 aromatic heterocycles. The summed E-state index contributed by atoms with van der Waals surface area (Å²) in [7, 11) is 0. The summed E-state index contributed by atoms with van der Waals surface area (Å²) in [6.07, 6.45) is 0.460. The Morgan fingerprint density at radius 2 is 2.00 bits per heavy atom. The van der Waals surface area contributed by atoms with Crippen molar-refractivity contribution in [1.29, 1.82) is 0 Å². The van der Waals surface area contributed by atoms with Crippen LogP contribution in [0, 0.1) is 5.92 Å². The van der Waals surface area contributed by atoms with E-state index in [-0.39, 0.29) is 17.8 Å². The van der Waals surface area contributed by atoms with Crippen molar-refractivity contribution < 1.29 is 18.7 Å². The average Bonchev–Trinajstić information content (AvgIpc) is 2.94. The summed E-state index contributed by atoms with van der Waals surface area (Å²) < 4.78 is 16.4. The molecule has 0 spiro atoms. The summed E-state index contributed by atoms with van der Waals surface area (Å²) in [4.78, 5) is 11.6. The highest BCUT2D eigenvalue weighted by molar-refractivity contribution is 5.89. The van der Waals surface area contributed by atoms with Gasteiger partial charge in [-0.15, -0.1) is 5.10 Å². The molecule has 7 heteroatoms. The number of carbonyl (C=O) groups excluding carboxylic acids is 1. The molecule has 3 rings (SSSR count). The molecule has 0 aliphatic carbocycles. The van der Waals surface area contributed by atoms with Gasteiger partial charge in [0.2, 0.25) is 11.8 Å². The Kier molecular flexibility index (Phi) is 3.95. The number of anilines is 1. The number of amides is 1. The average molecular weight is 303 g/mol. The van der Waals surface area contributed by atoms with Crippen molar-refractivity contribution in [2.45, 2.75) is 20.3 Å². The molecule has 0 saturated heterocycles. The third kappa shape index (κ3) is 3.19. The highest BCUT2D eigenvalue weighted by Gasteiger charge is 2.15. The van der Waals surface area contributed by atoms with Gasteiger partial charge < -0.3 is 13.9 Å². The first kappa shape index (κ1) is 14.4. The van der Waals surface area contributed by atoms with E-state index in [4.69, 9.17) is 13.9 Å². The number of fused-ring (bicyclic) bond motifs is 1. The second-order valence-corrected chi connectivity index (χ2v) is 5.30. The smallest absolute Gasteiger partial charge is 0.322 e. The molecule has 1 amide bonds. The lowest BCUT2D eigenvalue weighted by Crippen LogP contribution is -2.17. The van der Waals surface area contributed by atoms with E-state index in [9.17, 15) is 4.79 Å². The second-order valence-electron chi connectivity index (χ2n) is 5.30. The maximum absolute atomic E-state index is 11.6. The largest absolute Gasteiger partial charge is 0.486 e. The van der Waals surface area contributed by atoms with E-state index in [1.54, 1.807) is 13.8 Å². The number of aromatic nitrogens is 2. The van der Waals surface area contributed by atoms with E-state index in [1.165, 1.54) is 0 Å². The molecule has 0 atom stereocenters. The van der Waals surface area contributed by atoms with Gasteiger partial charge in [-0.3, -0.25) is 10.1 Å². The molecule has 0 fully saturated rings. The minimum atomic E-state index is -0.158. The molecule has 0 saturated carbocycles. The Morgan fingerprint density at radius 1 is 1.23 bits per heavy atom. The Hall–Kier alpha value is -2.57. The van der Waals surface area contributed by atoms with Crippen LogP contribution in [-0.2, 0) is 11.2 Å². The predicted molar refractivity (Wildman–Crippen MR) is 78.0 cm³/mol. The highest BCUT2D eigenvalue weighted by Crippen LogP contribution is 2.31. The van der Waals surface area contributed by atoms with E-state index in [2.05, 4.69) is 15.5 Å². The van der Waals surface area contributed by atoms with Crippen LogP contribution >= 0.6 is 0 Å². The van der Waals surface area contributed by atoms with Crippen molar-refractivity contribution in [2.24, 2.45) is 5.92 Å².